The molecular weight excluding hydrogens is 267 g/mol. The minimum Gasteiger partial charge on any atom is -0.507 e. The van der Waals surface area contributed by atoms with Gasteiger partial charge in [-0.2, -0.15) is 0 Å². The molecule has 1 nitrogen and oxygen atoms in total. The van der Waals surface area contributed by atoms with Crippen LogP contribution in [0.15, 0.2) is 42.5 Å². The molecule has 0 fully saturated rings. The summed E-state index contributed by atoms with van der Waals surface area (Å²) in [5.74, 6) is 0.186. The van der Waals surface area contributed by atoms with Crippen molar-refractivity contribution < 1.29 is 5.11 Å². The van der Waals surface area contributed by atoms with Crippen molar-refractivity contribution in [3.63, 3.8) is 0 Å². The van der Waals surface area contributed by atoms with Crippen LogP contribution in [0.3, 0.4) is 0 Å². The van der Waals surface area contributed by atoms with Crippen LogP contribution in [0.2, 0.25) is 10.0 Å². The van der Waals surface area contributed by atoms with E-state index in [0.717, 1.165) is 5.56 Å². The molecule has 1 N–H and O–H groups in total. The topological polar surface area (TPSA) is 20.2 Å². The van der Waals surface area contributed by atoms with E-state index in [0.29, 0.717) is 21.2 Å². The summed E-state index contributed by atoms with van der Waals surface area (Å²) in [5.41, 5.74) is 2.04. The number of phenols is 1. The number of rotatable bonds is 2. The van der Waals surface area contributed by atoms with E-state index in [4.69, 9.17) is 23.2 Å². The third-order valence-electron chi connectivity index (χ3n) is 2.65. The van der Waals surface area contributed by atoms with Crippen molar-refractivity contribution in [1.29, 1.82) is 0 Å². The molecule has 0 aliphatic carbocycles. The number of benzene rings is 2. The summed E-state index contributed by atoms with van der Waals surface area (Å²) < 4.78 is 0. The Morgan fingerprint density at radius 2 is 1.61 bits per heavy atom. The normalized spacial score (nSPS) is 11.1. The number of aromatic hydroxyl groups is 1. The lowest BCUT2D eigenvalue weighted by molar-refractivity contribution is 0.476. The van der Waals surface area contributed by atoms with E-state index in [2.05, 4.69) is 0 Å². The van der Waals surface area contributed by atoms with Gasteiger partial charge in [-0.15, -0.1) is 0 Å². The first-order valence-electron chi connectivity index (χ1n) is 5.54. The highest BCUT2D eigenvalue weighted by molar-refractivity contribution is 6.39. The van der Waals surface area contributed by atoms with Gasteiger partial charge in [0.05, 0.1) is 10.0 Å². The molecule has 0 heterocycles. The molecule has 0 saturated heterocycles. The first-order valence-corrected chi connectivity index (χ1v) is 6.29. The van der Waals surface area contributed by atoms with Crippen LogP contribution in [0.5, 0.6) is 5.75 Å². The maximum atomic E-state index is 10.3. The van der Waals surface area contributed by atoms with Crippen molar-refractivity contribution in [1.82, 2.24) is 0 Å². The summed E-state index contributed by atoms with van der Waals surface area (Å²) in [6.45, 7) is 1.90. The van der Waals surface area contributed by atoms with Crippen LogP contribution < -0.4 is 0 Å². The van der Waals surface area contributed by atoms with Crippen LogP contribution in [0.25, 0.3) is 17.2 Å². The summed E-state index contributed by atoms with van der Waals surface area (Å²) in [6.07, 6.45) is 3.70. The zero-order valence-electron chi connectivity index (χ0n) is 9.82. The summed E-state index contributed by atoms with van der Waals surface area (Å²) in [4.78, 5) is 0. The zero-order valence-corrected chi connectivity index (χ0v) is 11.3. The smallest absolute Gasteiger partial charge is 0.130 e. The van der Waals surface area contributed by atoms with Gasteiger partial charge in [0.1, 0.15) is 5.75 Å². The van der Waals surface area contributed by atoms with Crippen molar-refractivity contribution >= 4 is 29.3 Å². The molecule has 2 aromatic rings. The molecule has 3 heteroatoms. The molecule has 0 spiro atoms. The predicted octanol–water partition coefficient (Wildman–Crippen LogP) is 5.40. The highest BCUT2D eigenvalue weighted by atomic mass is 35.5. The van der Waals surface area contributed by atoms with Gasteiger partial charge in [-0.3, -0.25) is 0 Å². The summed E-state index contributed by atoms with van der Waals surface area (Å²) >= 11 is 12.3. The van der Waals surface area contributed by atoms with Crippen LogP contribution in [0, 0.1) is 0 Å². The number of phenolic OH excluding ortho intramolecular Hbond substituents is 1. The second-order valence-electron chi connectivity index (χ2n) is 3.84. The third-order valence-corrected chi connectivity index (χ3v) is 3.28. The molecule has 0 atom stereocenters. The number of hydrogen-bond donors (Lipinski definition) is 1. The summed E-state index contributed by atoms with van der Waals surface area (Å²) in [7, 11) is 0. The van der Waals surface area contributed by atoms with E-state index in [1.54, 1.807) is 24.3 Å². The number of hydrogen-bond acceptors (Lipinski definition) is 1. The Morgan fingerprint density at radius 1 is 1.00 bits per heavy atom. The minimum atomic E-state index is 0.186. The SMILES string of the molecule is C/C=C/c1cccc(-c2c(Cl)cccc2Cl)c1O. The fourth-order valence-electron chi connectivity index (χ4n) is 1.83. The zero-order chi connectivity index (χ0) is 13.1. The van der Waals surface area contributed by atoms with Crippen molar-refractivity contribution in [2.75, 3.05) is 0 Å². The first kappa shape index (κ1) is 13.0. The minimum absolute atomic E-state index is 0.186. The lowest BCUT2D eigenvalue weighted by atomic mass is 10.0. The van der Waals surface area contributed by atoms with Gasteiger partial charge in [0.15, 0.2) is 0 Å². The molecule has 0 radical (unpaired) electrons. The molecule has 0 bridgehead atoms. The van der Waals surface area contributed by atoms with E-state index in [9.17, 15) is 5.11 Å². The maximum Gasteiger partial charge on any atom is 0.130 e. The monoisotopic (exact) mass is 278 g/mol. The average Bonchev–Trinajstić information content (AvgIpc) is 2.33. The lowest BCUT2D eigenvalue weighted by Crippen LogP contribution is -1.85. The van der Waals surface area contributed by atoms with E-state index in [-0.39, 0.29) is 5.75 Å². The molecule has 2 rings (SSSR count). The van der Waals surface area contributed by atoms with Gasteiger partial charge < -0.3 is 5.11 Å². The molecular formula is C15H12Cl2O. The number of halogens is 2. The van der Waals surface area contributed by atoms with Crippen LogP contribution >= 0.6 is 23.2 Å². The van der Waals surface area contributed by atoms with Gasteiger partial charge in [-0.25, -0.2) is 0 Å². The fraction of sp³-hybridized carbons (Fsp3) is 0.0667. The average molecular weight is 279 g/mol. The van der Waals surface area contributed by atoms with E-state index in [1.807, 2.05) is 31.2 Å². The fourth-order valence-corrected chi connectivity index (χ4v) is 2.43. The Bertz CT molecular complexity index is 583. The summed E-state index contributed by atoms with van der Waals surface area (Å²) in [6, 6.07) is 10.8. The van der Waals surface area contributed by atoms with E-state index >= 15 is 0 Å². The van der Waals surface area contributed by atoms with Crippen molar-refractivity contribution in [3.05, 3.63) is 58.1 Å². The Hall–Kier alpha value is -1.44. The molecule has 0 aliphatic rings. The van der Waals surface area contributed by atoms with Gasteiger partial charge in [0.25, 0.3) is 0 Å². The second kappa shape index (κ2) is 5.47. The maximum absolute atomic E-state index is 10.3. The molecule has 18 heavy (non-hydrogen) atoms. The van der Waals surface area contributed by atoms with Crippen molar-refractivity contribution in [2.45, 2.75) is 6.92 Å². The molecule has 0 unspecified atom stereocenters. The molecule has 0 amide bonds. The van der Waals surface area contributed by atoms with Crippen LogP contribution in [0.1, 0.15) is 12.5 Å². The molecule has 0 saturated carbocycles. The van der Waals surface area contributed by atoms with Crippen LogP contribution in [-0.2, 0) is 0 Å². The van der Waals surface area contributed by atoms with E-state index < -0.39 is 0 Å². The highest BCUT2D eigenvalue weighted by Gasteiger charge is 2.13. The lowest BCUT2D eigenvalue weighted by Gasteiger charge is -2.10. The Kier molecular flexibility index (Phi) is 3.95. The second-order valence-corrected chi connectivity index (χ2v) is 4.65. The van der Waals surface area contributed by atoms with Crippen LogP contribution in [-0.4, -0.2) is 5.11 Å². The van der Waals surface area contributed by atoms with E-state index in [1.165, 1.54) is 0 Å². The largest absolute Gasteiger partial charge is 0.507 e. The Labute approximate surface area is 116 Å². The molecule has 2 aromatic carbocycles. The molecule has 0 aliphatic heterocycles. The molecule has 92 valence electrons. The van der Waals surface area contributed by atoms with Gasteiger partial charge >= 0.3 is 0 Å². The van der Waals surface area contributed by atoms with Gasteiger partial charge in [0, 0.05) is 16.7 Å². The highest BCUT2D eigenvalue weighted by Crippen LogP contribution is 2.40. The van der Waals surface area contributed by atoms with Crippen molar-refractivity contribution in [2.24, 2.45) is 0 Å². The van der Waals surface area contributed by atoms with Crippen LogP contribution in [0.4, 0.5) is 0 Å². The number of para-hydroxylation sites is 1. The first-order chi connectivity index (χ1) is 8.65. The quantitative estimate of drug-likeness (QED) is 0.780. The Morgan fingerprint density at radius 3 is 2.22 bits per heavy atom. The molecule has 0 aromatic heterocycles. The van der Waals surface area contributed by atoms with Crippen molar-refractivity contribution in [3.8, 4) is 16.9 Å². The van der Waals surface area contributed by atoms with Gasteiger partial charge in [-0.05, 0) is 19.1 Å². The van der Waals surface area contributed by atoms with Gasteiger partial charge in [0.2, 0.25) is 0 Å². The third kappa shape index (κ3) is 2.38. The van der Waals surface area contributed by atoms with Gasteiger partial charge in [-0.1, -0.05) is 59.6 Å². The standard InChI is InChI=1S/C15H12Cl2O/c1-2-5-10-6-3-7-11(15(10)18)14-12(16)8-4-9-13(14)17/h2-9,18H,1H3/b5-2+. The summed E-state index contributed by atoms with van der Waals surface area (Å²) in [5, 5.41) is 11.3. The number of allylic oxidation sites excluding steroid dienone is 1. The predicted molar refractivity (Wildman–Crippen MR) is 78.3 cm³/mol. The Balaban J connectivity index is 2.68.